The minimum atomic E-state index is 0.112. The van der Waals surface area contributed by atoms with Gasteiger partial charge in [-0.3, -0.25) is 9.69 Å². The lowest BCUT2D eigenvalue weighted by atomic mass is 10.1. The van der Waals surface area contributed by atoms with Gasteiger partial charge in [0.2, 0.25) is 0 Å². The fourth-order valence-corrected chi connectivity index (χ4v) is 4.63. The van der Waals surface area contributed by atoms with Gasteiger partial charge in [0.15, 0.2) is 0 Å². The van der Waals surface area contributed by atoms with Crippen LogP contribution in [-0.4, -0.2) is 67.2 Å². The van der Waals surface area contributed by atoms with Gasteiger partial charge in [0.05, 0.1) is 12.2 Å². The maximum absolute atomic E-state index is 12.9. The van der Waals surface area contributed by atoms with Crippen LogP contribution in [-0.2, 0) is 11.3 Å². The number of halogens is 1. The van der Waals surface area contributed by atoms with Gasteiger partial charge in [0, 0.05) is 62.1 Å². The number of rotatable bonds is 4. The van der Waals surface area contributed by atoms with Crippen LogP contribution >= 0.6 is 11.6 Å². The highest BCUT2D eigenvalue weighted by Crippen LogP contribution is 2.21. The maximum Gasteiger partial charge on any atom is 0.253 e. The Kier molecular flexibility index (Phi) is 6.61. The summed E-state index contributed by atoms with van der Waals surface area (Å²) in [5.74, 6) is 0.112. The summed E-state index contributed by atoms with van der Waals surface area (Å²) in [4.78, 5) is 19.6. The zero-order valence-electron chi connectivity index (χ0n) is 17.8. The third kappa shape index (κ3) is 5.15. The Morgan fingerprint density at radius 1 is 1.00 bits per heavy atom. The van der Waals surface area contributed by atoms with Gasteiger partial charge in [-0.2, -0.15) is 0 Å². The third-order valence-corrected chi connectivity index (χ3v) is 6.08. The SMILES string of the molecule is CC1CN(Cc2ccc(C(=O)N3CCN(c4cccc(Cl)c4)CC3)cc2)CC(C)O1. The van der Waals surface area contributed by atoms with Crippen molar-refractivity contribution in [1.29, 1.82) is 0 Å². The van der Waals surface area contributed by atoms with E-state index >= 15 is 0 Å². The van der Waals surface area contributed by atoms with Gasteiger partial charge in [0.25, 0.3) is 5.91 Å². The molecule has 0 saturated carbocycles. The molecule has 0 aliphatic carbocycles. The predicted molar refractivity (Wildman–Crippen MR) is 121 cm³/mol. The Balaban J connectivity index is 1.32. The monoisotopic (exact) mass is 427 g/mol. The van der Waals surface area contributed by atoms with Crippen LogP contribution in [0.2, 0.25) is 5.02 Å². The van der Waals surface area contributed by atoms with Crippen molar-refractivity contribution in [1.82, 2.24) is 9.80 Å². The first kappa shape index (κ1) is 21.2. The molecule has 160 valence electrons. The molecule has 4 rings (SSSR count). The Labute approximate surface area is 184 Å². The van der Waals surface area contributed by atoms with Crippen molar-refractivity contribution in [3.8, 4) is 0 Å². The summed E-state index contributed by atoms with van der Waals surface area (Å²) in [6, 6.07) is 16.0. The summed E-state index contributed by atoms with van der Waals surface area (Å²) in [6.07, 6.45) is 0.528. The van der Waals surface area contributed by atoms with E-state index in [4.69, 9.17) is 16.3 Å². The molecular weight excluding hydrogens is 398 g/mol. The fourth-order valence-electron chi connectivity index (χ4n) is 4.45. The molecule has 0 radical (unpaired) electrons. The number of piperazine rings is 1. The zero-order chi connectivity index (χ0) is 21.1. The molecular formula is C24H30ClN3O2. The zero-order valence-corrected chi connectivity index (χ0v) is 18.5. The number of benzene rings is 2. The van der Waals surface area contributed by atoms with Crippen molar-refractivity contribution in [2.24, 2.45) is 0 Å². The summed E-state index contributed by atoms with van der Waals surface area (Å²) < 4.78 is 5.81. The maximum atomic E-state index is 12.9. The highest BCUT2D eigenvalue weighted by atomic mass is 35.5. The number of ether oxygens (including phenoxy) is 1. The van der Waals surface area contributed by atoms with Crippen molar-refractivity contribution in [2.45, 2.75) is 32.6 Å². The molecule has 5 nitrogen and oxygen atoms in total. The van der Waals surface area contributed by atoms with Crippen LogP contribution in [0.5, 0.6) is 0 Å². The van der Waals surface area contributed by atoms with E-state index in [1.807, 2.05) is 35.2 Å². The lowest BCUT2D eigenvalue weighted by Gasteiger charge is -2.36. The molecule has 2 aliphatic heterocycles. The summed E-state index contributed by atoms with van der Waals surface area (Å²) >= 11 is 6.11. The van der Waals surface area contributed by atoms with Crippen molar-refractivity contribution >= 4 is 23.2 Å². The lowest BCUT2D eigenvalue weighted by molar-refractivity contribution is -0.0704. The van der Waals surface area contributed by atoms with Crippen LogP contribution in [0.4, 0.5) is 5.69 Å². The summed E-state index contributed by atoms with van der Waals surface area (Å²) in [5, 5.41) is 0.743. The molecule has 2 heterocycles. The second-order valence-corrected chi connectivity index (χ2v) is 8.84. The minimum Gasteiger partial charge on any atom is -0.373 e. The van der Waals surface area contributed by atoms with E-state index in [0.29, 0.717) is 0 Å². The molecule has 2 atom stereocenters. The standard InChI is InChI=1S/C24H30ClN3O2/c1-18-15-26(16-19(2)30-18)17-20-6-8-21(9-7-20)24(29)28-12-10-27(11-13-28)23-5-3-4-22(25)14-23/h3-9,14,18-19H,10-13,15-17H2,1-2H3. The Morgan fingerprint density at radius 3 is 2.30 bits per heavy atom. The van der Waals surface area contributed by atoms with Crippen molar-refractivity contribution < 1.29 is 9.53 Å². The van der Waals surface area contributed by atoms with E-state index in [1.165, 1.54) is 5.56 Å². The van der Waals surface area contributed by atoms with E-state index in [2.05, 4.69) is 41.8 Å². The second kappa shape index (κ2) is 9.38. The van der Waals surface area contributed by atoms with Gasteiger partial charge in [-0.05, 0) is 49.7 Å². The van der Waals surface area contributed by atoms with E-state index in [0.717, 1.165) is 62.1 Å². The van der Waals surface area contributed by atoms with Gasteiger partial charge in [-0.15, -0.1) is 0 Å². The number of amides is 1. The average molecular weight is 428 g/mol. The molecule has 2 fully saturated rings. The molecule has 2 unspecified atom stereocenters. The van der Waals surface area contributed by atoms with Crippen LogP contribution in [0.15, 0.2) is 48.5 Å². The van der Waals surface area contributed by atoms with Crippen LogP contribution in [0.1, 0.15) is 29.8 Å². The van der Waals surface area contributed by atoms with Crippen molar-refractivity contribution in [3.63, 3.8) is 0 Å². The molecule has 2 aliphatic rings. The molecule has 6 heteroatoms. The van der Waals surface area contributed by atoms with Crippen molar-refractivity contribution in [3.05, 3.63) is 64.7 Å². The van der Waals surface area contributed by atoms with Crippen molar-refractivity contribution in [2.75, 3.05) is 44.2 Å². The van der Waals surface area contributed by atoms with Crippen LogP contribution in [0, 0.1) is 0 Å². The number of anilines is 1. The number of carbonyl (C=O) groups excluding carboxylic acids is 1. The third-order valence-electron chi connectivity index (χ3n) is 5.84. The normalized spacial score (nSPS) is 22.9. The molecule has 0 aromatic heterocycles. The van der Waals surface area contributed by atoms with E-state index in [9.17, 15) is 4.79 Å². The number of nitrogens with zero attached hydrogens (tertiary/aromatic N) is 3. The number of carbonyl (C=O) groups is 1. The first-order valence-corrected chi connectivity index (χ1v) is 11.1. The topological polar surface area (TPSA) is 36.0 Å². The van der Waals surface area contributed by atoms with Gasteiger partial charge in [0.1, 0.15) is 0 Å². The van der Waals surface area contributed by atoms with E-state index in [-0.39, 0.29) is 18.1 Å². The molecule has 1 amide bonds. The predicted octanol–water partition coefficient (Wildman–Crippen LogP) is 3.91. The Bertz CT molecular complexity index is 855. The number of hydrogen-bond donors (Lipinski definition) is 0. The van der Waals surface area contributed by atoms with E-state index < -0.39 is 0 Å². The molecule has 0 N–H and O–H groups in total. The summed E-state index contributed by atoms with van der Waals surface area (Å²) in [7, 11) is 0. The van der Waals surface area contributed by atoms with Crippen LogP contribution < -0.4 is 4.90 Å². The Morgan fingerprint density at radius 2 is 1.67 bits per heavy atom. The first-order valence-electron chi connectivity index (χ1n) is 10.7. The highest BCUT2D eigenvalue weighted by molar-refractivity contribution is 6.30. The molecule has 0 spiro atoms. The summed E-state index contributed by atoms with van der Waals surface area (Å²) in [5.41, 5.74) is 3.11. The lowest BCUT2D eigenvalue weighted by Crippen LogP contribution is -2.48. The fraction of sp³-hybridized carbons (Fsp3) is 0.458. The number of morpholine rings is 1. The summed E-state index contributed by atoms with van der Waals surface area (Å²) in [6.45, 7) is 10.1. The largest absolute Gasteiger partial charge is 0.373 e. The highest BCUT2D eigenvalue weighted by Gasteiger charge is 2.24. The molecule has 0 bridgehead atoms. The minimum absolute atomic E-state index is 0.112. The quantitative estimate of drug-likeness (QED) is 0.741. The number of hydrogen-bond acceptors (Lipinski definition) is 4. The van der Waals surface area contributed by atoms with Gasteiger partial charge in [-0.25, -0.2) is 0 Å². The van der Waals surface area contributed by atoms with Crippen LogP contribution in [0.25, 0.3) is 0 Å². The Hall–Kier alpha value is -2.08. The molecule has 2 aromatic carbocycles. The molecule has 2 aromatic rings. The average Bonchev–Trinajstić information content (AvgIpc) is 2.73. The van der Waals surface area contributed by atoms with Gasteiger partial charge in [-0.1, -0.05) is 29.8 Å². The smallest absolute Gasteiger partial charge is 0.253 e. The second-order valence-electron chi connectivity index (χ2n) is 8.41. The van der Waals surface area contributed by atoms with Gasteiger partial charge >= 0.3 is 0 Å². The van der Waals surface area contributed by atoms with E-state index in [1.54, 1.807) is 0 Å². The first-order chi connectivity index (χ1) is 14.5. The molecule has 30 heavy (non-hydrogen) atoms. The van der Waals surface area contributed by atoms with Crippen LogP contribution in [0.3, 0.4) is 0 Å². The molecule has 2 saturated heterocycles. The van der Waals surface area contributed by atoms with Gasteiger partial charge < -0.3 is 14.5 Å².